The van der Waals surface area contributed by atoms with Gasteiger partial charge in [0.2, 0.25) is 0 Å². The molecule has 3 aromatic rings. The molecule has 0 saturated heterocycles. The van der Waals surface area contributed by atoms with E-state index in [4.69, 9.17) is 9.47 Å². The molecule has 0 bridgehead atoms. The summed E-state index contributed by atoms with van der Waals surface area (Å²) in [6, 6.07) is 12.6. The molecule has 0 aliphatic carbocycles. The van der Waals surface area contributed by atoms with Crippen LogP contribution in [-0.2, 0) is 10.3 Å². The molecule has 0 fully saturated rings. The van der Waals surface area contributed by atoms with Crippen LogP contribution in [0.3, 0.4) is 0 Å². The van der Waals surface area contributed by atoms with Crippen molar-refractivity contribution in [2.45, 2.75) is 49.8 Å². The van der Waals surface area contributed by atoms with Crippen molar-refractivity contribution >= 4 is 54.7 Å². The summed E-state index contributed by atoms with van der Waals surface area (Å²) in [5.74, 6) is 1.11. The van der Waals surface area contributed by atoms with E-state index in [1.165, 1.54) is 11.8 Å². The number of rotatable bonds is 11. The highest BCUT2D eigenvalue weighted by atomic mass is 32.2. The first-order chi connectivity index (χ1) is 19.5. The van der Waals surface area contributed by atoms with Gasteiger partial charge < -0.3 is 24.6 Å². The third-order valence-corrected chi connectivity index (χ3v) is 10.3. The monoisotopic (exact) mass is 613 g/mol. The predicted molar refractivity (Wildman–Crippen MR) is 170 cm³/mol. The minimum Gasteiger partial charge on any atom is -0.482 e. The van der Waals surface area contributed by atoms with Gasteiger partial charge in [-0.2, -0.15) is 0 Å². The molecular weight excluding hydrogens is 575 g/mol. The molecular formula is C29H39N5O4S2Si. The van der Waals surface area contributed by atoms with Crippen molar-refractivity contribution in [1.82, 2.24) is 15.3 Å². The van der Waals surface area contributed by atoms with E-state index in [1.807, 2.05) is 66.9 Å². The Balaban J connectivity index is 1.48. The molecule has 0 saturated carbocycles. The van der Waals surface area contributed by atoms with Crippen molar-refractivity contribution in [2.24, 2.45) is 0 Å². The topological polar surface area (TPSA) is 96.9 Å². The van der Waals surface area contributed by atoms with Gasteiger partial charge in [0, 0.05) is 64.0 Å². The summed E-state index contributed by atoms with van der Waals surface area (Å²) in [4.78, 5) is 39.6. The number of thiophene rings is 1. The lowest BCUT2D eigenvalue weighted by atomic mass is 10.0. The van der Waals surface area contributed by atoms with Crippen LogP contribution < -0.4 is 19.9 Å². The Morgan fingerprint density at radius 2 is 2.02 bits per heavy atom. The van der Waals surface area contributed by atoms with Gasteiger partial charge >= 0.3 is 6.09 Å². The first-order valence-electron chi connectivity index (χ1n) is 13.7. The standard InChI is InChI=1S/C29H39N5O4S2Si/c1-29(24-11-8-17-40-24,12-16-37-28(36)30-13-18-41(4,5)6)38-22-10-7-9-21(19-22)34-15-14-33(2)25-23(26(34)35)20-31-27(32-25)39-3/h7-11,17,19-20H,12-16,18H2,1-6H3,(H,30,36). The molecule has 12 heteroatoms. The normalized spacial score (nSPS) is 15.1. The summed E-state index contributed by atoms with van der Waals surface area (Å²) in [7, 11) is 0.701. The third-order valence-electron chi connectivity index (χ3n) is 6.90. The average molecular weight is 614 g/mol. The Morgan fingerprint density at radius 3 is 2.73 bits per heavy atom. The number of nitrogens with zero attached hydrogens (tertiary/aromatic N) is 4. The molecule has 2 aromatic heterocycles. The second kappa shape index (κ2) is 13.3. The lowest BCUT2D eigenvalue weighted by molar-refractivity contribution is 0.0512. The van der Waals surface area contributed by atoms with E-state index in [-0.39, 0.29) is 12.5 Å². The number of nitrogens with one attached hydrogen (secondary N) is 1. The summed E-state index contributed by atoms with van der Waals surface area (Å²) in [5.41, 5.74) is 0.468. The van der Waals surface area contributed by atoms with Gasteiger partial charge in [-0.1, -0.05) is 43.5 Å². The summed E-state index contributed by atoms with van der Waals surface area (Å²) >= 11 is 3.04. The molecule has 2 amide bonds. The molecule has 0 radical (unpaired) electrons. The number of hydrogen-bond donors (Lipinski definition) is 1. The van der Waals surface area contributed by atoms with Gasteiger partial charge in [0.05, 0.1) is 6.61 Å². The smallest absolute Gasteiger partial charge is 0.407 e. The maximum atomic E-state index is 13.6. The fourth-order valence-electron chi connectivity index (χ4n) is 4.45. The largest absolute Gasteiger partial charge is 0.482 e. The van der Waals surface area contributed by atoms with Gasteiger partial charge in [-0.3, -0.25) is 4.79 Å². The van der Waals surface area contributed by atoms with E-state index < -0.39 is 19.8 Å². The third kappa shape index (κ3) is 8.01. The molecule has 220 valence electrons. The summed E-state index contributed by atoms with van der Waals surface area (Å²) in [5, 5.41) is 5.50. The predicted octanol–water partition coefficient (Wildman–Crippen LogP) is 6.11. The van der Waals surface area contributed by atoms with Crippen molar-refractivity contribution < 1.29 is 19.1 Å². The number of alkyl carbamates (subject to hydrolysis) is 1. The van der Waals surface area contributed by atoms with Crippen LogP contribution in [0.2, 0.25) is 25.7 Å². The number of hydrogen-bond acceptors (Lipinski definition) is 9. The number of anilines is 2. The first-order valence-corrected chi connectivity index (χ1v) is 19.5. The number of thioether (sulfide) groups is 1. The van der Waals surface area contributed by atoms with E-state index in [9.17, 15) is 9.59 Å². The SMILES string of the molecule is CSc1ncc2c(n1)N(C)CCN(c1cccc(OC(C)(CCOC(=O)NCC[Si](C)(C)C)c3cccs3)c1)C2=O. The van der Waals surface area contributed by atoms with E-state index in [2.05, 4.69) is 34.9 Å². The number of likely N-dealkylation sites (N-methyl/N-ethyl adjacent to an activating group) is 1. The van der Waals surface area contributed by atoms with Crippen LogP contribution in [0.1, 0.15) is 28.6 Å². The number of aromatic nitrogens is 2. The fraction of sp³-hybridized carbons (Fsp3) is 0.448. The number of benzene rings is 1. The number of carbonyl (C=O) groups excluding carboxylic acids is 2. The first kappa shape index (κ1) is 30.9. The van der Waals surface area contributed by atoms with Gasteiger partial charge in [0.25, 0.3) is 5.91 Å². The molecule has 41 heavy (non-hydrogen) atoms. The molecule has 0 spiro atoms. The Labute approximate surface area is 251 Å². The molecule has 1 aliphatic rings. The maximum Gasteiger partial charge on any atom is 0.407 e. The highest BCUT2D eigenvalue weighted by molar-refractivity contribution is 7.98. The summed E-state index contributed by atoms with van der Waals surface area (Å²) in [6.07, 6.45) is 3.59. The van der Waals surface area contributed by atoms with Crippen molar-refractivity contribution in [3.63, 3.8) is 0 Å². The Bertz CT molecular complexity index is 1350. The second-order valence-electron chi connectivity index (χ2n) is 11.4. The molecule has 4 rings (SSSR count). The van der Waals surface area contributed by atoms with Gasteiger partial charge in [-0.15, -0.1) is 11.3 Å². The van der Waals surface area contributed by atoms with E-state index in [0.717, 1.165) is 16.6 Å². The Kier molecular flexibility index (Phi) is 9.98. The van der Waals surface area contributed by atoms with E-state index >= 15 is 0 Å². The molecule has 1 unspecified atom stereocenters. The molecule has 1 aromatic carbocycles. The second-order valence-corrected chi connectivity index (χ2v) is 18.7. The van der Waals surface area contributed by atoms with E-state index in [0.29, 0.717) is 48.3 Å². The Hall–Kier alpha value is -3.09. The summed E-state index contributed by atoms with van der Waals surface area (Å²) in [6.45, 7) is 10.8. The molecule has 1 atom stereocenters. The Morgan fingerprint density at radius 1 is 1.22 bits per heavy atom. The van der Waals surface area contributed by atoms with Crippen LogP contribution in [0.4, 0.5) is 16.3 Å². The van der Waals surface area contributed by atoms with Crippen LogP contribution in [0, 0.1) is 0 Å². The van der Waals surface area contributed by atoms with E-state index in [1.54, 1.807) is 22.4 Å². The van der Waals surface area contributed by atoms with Crippen molar-refractivity contribution in [2.75, 3.05) is 49.3 Å². The summed E-state index contributed by atoms with van der Waals surface area (Å²) < 4.78 is 12.1. The molecule has 3 heterocycles. The van der Waals surface area contributed by atoms with Crippen LogP contribution in [-0.4, -0.2) is 69.6 Å². The van der Waals surface area contributed by atoms with Crippen LogP contribution in [0.15, 0.2) is 53.1 Å². The fourth-order valence-corrected chi connectivity index (χ4v) is 6.52. The van der Waals surface area contributed by atoms with Crippen LogP contribution in [0.25, 0.3) is 0 Å². The van der Waals surface area contributed by atoms with Gasteiger partial charge in [-0.05, 0) is 42.8 Å². The van der Waals surface area contributed by atoms with Crippen molar-refractivity contribution in [3.8, 4) is 5.75 Å². The van der Waals surface area contributed by atoms with Crippen molar-refractivity contribution in [3.05, 3.63) is 58.4 Å². The minimum absolute atomic E-state index is 0.149. The molecule has 1 N–H and O–H groups in total. The quantitative estimate of drug-likeness (QED) is 0.157. The zero-order valence-electron chi connectivity index (χ0n) is 24.6. The number of amides is 2. The number of ether oxygens (including phenoxy) is 2. The van der Waals surface area contributed by atoms with Crippen LogP contribution in [0.5, 0.6) is 5.75 Å². The molecule has 1 aliphatic heterocycles. The number of carbonyl (C=O) groups is 2. The van der Waals surface area contributed by atoms with Gasteiger partial charge in [-0.25, -0.2) is 14.8 Å². The van der Waals surface area contributed by atoms with Crippen LogP contribution >= 0.6 is 23.1 Å². The lowest BCUT2D eigenvalue weighted by Crippen LogP contribution is -2.34. The average Bonchev–Trinajstić information content (AvgIpc) is 3.45. The minimum atomic E-state index is -1.24. The zero-order chi connectivity index (χ0) is 29.6. The lowest BCUT2D eigenvalue weighted by Gasteiger charge is -2.30. The number of fused-ring (bicyclic) bond motifs is 1. The van der Waals surface area contributed by atoms with Gasteiger partial charge in [0.15, 0.2) is 5.16 Å². The van der Waals surface area contributed by atoms with Gasteiger partial charge in [0.1, 0.15) is 22.7 Å². The maximum absolute atomic E-state index is 13.6. The zero-order valence-corrected chi connectivity index (χ0v) is 27.2. The highest BCUT2D eigenvalue weighted by Crippen LogP contribution is 2.36. The highest BCUT2D eigenvalue weighted by Gasteiger charge is 2.32. The molecule has 9 nitrogen and oxygen atoms in total. The van der Waals surface area contributed by atoms with Crippen molar-refractivity contribution in [1.29, 1.82) is 0 Å².